The van der Waals surface area contributed by atoms with E-state index >= 15 is 0 Å². The van der Waals surface area contributed by atoms with Gasteiger partial charge < -0.3 is 5.32 Å². The zero-order valence-electron chi connectivity index (χ0n) is 13.0. The Morgan fingerprint density at radius 3 is 2.20 bits per heavy atom. The van der Waals surface area contributed by atoms with Crippen LogP contribution in [0.2, 0.25) is 0 Å². The third kappa shape index (κ3) is 3.49. The molecule has 20 heavy (non-hydrogen) atoms. The Hall–Kier alpha value is -1.60. The van der Waals surface area contributed by atoms with Crippen LogP contribution in [0.5, 0.6) is 0 Å². The first-order valence-electron chi connectivity index (χ1n) is 7.54. The zero-order valence-corrected chi connectivity index (χ0v) is 13.0. The summed E-state index contributed by atoms with van der Waals surface area (Å²) in [6.45, 7) is 9.68. The molecule has 1 unspecified atom stereocenters. The molecule has 106 valence electrons. The summed E-state index contributed by atoms with van der Waals surface area (Å²) in [5, 5.41) is 3.62. The van der Waals surface area contributed by atoms with E-state index in [4.69, 9.17) is 0 Å². The van der Waals surface area contributed by atoms with Gasteiger partial charge in [0.05, 0.1) is 6.04 Å². The van der Waals surface area contributed by atoms with Crippen LogP contribution in [-0.4, -0.2) is 6.54 Å². The summed E-state index contributed by atoms with van der Waals surface area (Å²) in [4.78, 5) is 0. The van der Waals surface area contributed by atoms with E-state index in [9.17, 15) is 0 Å². The average molecular weight is 267 g/mol. The van der Waals surface area contributed by atoms with Crippen molar-refractivity contribution in [3.05, 3.63) is 70.3 Å². The molecule has 2 aromatic carbocycles. The Labute approximate surface area is 123 Å². The van der Waals surface area contributed by atoms with Crippen molar-refractivity contribution in [1.82, 2.24) is 5.32 Å². The summed E-state index contributed by atoms with van der Waals surface area (Å²) in [5.41, 5.74) is 6.77. The van der Waals surface area contributed by atoms with Gasteiger partial charge >= 0.3 is 0 Å². The van der Waals surface area contributed by atoms with Gasteiger partial charge in [-0.2, -0.15) is 0 Å². The van der Waals surface area contributed by atoms with Crippen LogP contribution in [0.25, 0.3) is 0 Å². The summed E-state index contributed by atoms with van der Waals surface area (Å²) in [5.74, 6) is 0. The first-order chi connectivity index (χ1) is 9.63. The first-order valence-corrected chi connectivity index (χ1v) is 7.54. The molecule has 0 aromatic heterocycles. The minimum absolute atomic E-state index is 0.282. The molecular formula is C19H25N. The first kappa shape index (κ1) is 14.8. The standard InChI is InChI=1S/C19H25N/c1-5-16-8-7-9-17(13-16)19(20-6-2)18-11-14(3)10-15(4)12-18/h7-13,19-20H,5-6H2,1-4H3. The van der Waals surface area contributed by atoms with Crippen LogP contribution in [0.15, 0.2) is 42.5 Å². The average Bonchev–Trinajstić information content (AvgIpc) is 2.43. The molecule has 1 N–H and O–H groups in total. The highest BCUT2D eigenvalue weighted by atomic mass is 14.9. The van der Waals surface area contributed by atoms with Gasteiger partial charge in [-0.15, -0.1) is 0 Å². The fraction of sp³-hybridized carbons (Fsp3) is 0.368. The van der Waals surface area contributed by atoms with Crippen molar-refractivity contribution in [2.24, 2.45) is 0 Å². The Balaban J connectivity index is 2.43. The lowest BCUT2D eigenvalue weighted by Crippen LogP contribution is -2.22. The Bertz CT molecular complexity index is 551. The van der Waals surface area contributed by atoms with Crippen molar-refractivity contribution in [3.63, 3.8) is 0 Å². The molecule has 0 radical (unpaired) electrons. The maximum absolute atomic E-state index is 3.62. The Kier molecular flexibility index (Phi) is 4.97. The maximum atomic E-state index is 3.62. The van der Waals surface area contributed by atoms with Gasteiger partial charge in [-0.1, -0.05) is 67.4 Å². The van der Waals surface area contributed by atoms with Crippen LogP contribution < -0.4 is 5.32 Å². The van der Waals surface area contributed by atoms with Gasteiger partial charge in [0, 0.05) is 0 Å². The van der Waals surface area contributed by atoms with E-state index in [1.54, 1.807) is 0 Å². The third-order valence-corrected chi connectivity index (χ3v) is 3.68. The van der Waals surface area contributed by atoms with E-state index in [0.717, 1.165) is 13.0 Å². The second kappa shape index (κ2) is 6.71. The molecule has 1 nitrogen and oxygen atoms in total. The predicted molar refractivity (Wildman–Crippen MR) is 87.3 cm³/mol. The second-order valence-corrected chi connectivity index (χ2v) is 5.51. The Morgan fingerprint density at radius 2 is 1.60 bits per heavy atom. The fourth-order valence-corrected chi connectivity index (χ4v) is 2.80. The molecule has 0 saturated heterocycles. The summed E-state index contributed by atoms with van der Waals surface area (Å²) in [6, 6.07) is 16.0. The zero-order chi connectivity index (χ0) is 14.5. The van der Waals surface area contributed by atoms with Crippen LogP contribution in [0.1, 0.15) is 47.7 Å². The monoisotopic (exact) mass is 267 g/mol. The minimum Gasteiger partial charge on any atom is -0.307 e. The molecule has 0 aliphatic heterocycles. The molecule has 0 bridgehead atoms. The predicted octanol–water partition coefficient (Wildman–Crippen LogP) is 4.56. The minimum atomic E-state index is 0.282. The molecule has 0 aliphatic rings. The van der Waals surface area contributed by atoms with E-state index in [1.807, 2.05) is 0 Å². The molecule has 0 heterocycles. The van der Waals surface area contributed by atoms with Crippen LogP contribution >= 0.6 is 0 Å². The van der Waals surface area contributed by atoms with Gasteiger partial charge in [0.1, 0.15) is 0 Å². The van der Waals surface area contributed by atoms with Crippen molar-refractivity contribution in [2.45, 2.75) is 40.2 Å². The Morgan fingerprint density at radius 1 is 0.900 bits per heavy atom. The summed E-state index contributed by atoms with van der Waals surface area (Å²) < 4.78 is 0. The highest BCUT2D eigenvalue weighted by Crippen LogP contribution is 2.25. The lowest BCUT2D eigenvalue weighted by atomic mass is 9.94. The van der Waals surface area contributed by atoms with Gasteiger partial charge in [0.15, 0.2) is 0 Å². The molecule has 2 rings (SSSR count). The molecule has 0 amide bonds. The van der Waals surface area contributed by atoms with Gasteiger partial charge in [0.2, 0.25) is 0 Å². The summed E-state index contributed by atoms with van der Waals surface area (Å²) >= 11 is 0. The van der Waals surface area contributed by atoms with E-state index in [0.29, 0.717) is 0 Å². The van der Waals surface area contributed by atoms with Gasteiger partial charge in [-0.25, -0.2) is 0 Å². The van der Waals surface area contributed by atoms with Crippen molar-refractivity contribution >= 4 is 0 Å². The number of hydrogen-bond acceptors (Lipinski definition) is 1. The van der Waals surface area contributed by atoms with Crippen LogP contribution in [0.4, 0.5) is 0 Å². The summed E-state index contributed by atoms with van der Waals surface area (Å²) in [7, 11) is 0. The number of nitrogens with one attached hydrogen (secondary N) is 1. The van der Waals surface area contributed by atoms with Crippen LogP contribution in [0, 0.1) is 13.8 Å². The quantitative estimate of drug-likeness (QED) is 0.837. The smallest absolute Gasteiger partial charge is 0.0576 e. The van der Waals surface area contributed by atoms with E-state index < -0.39 is 0 Å². The lowest BCUT2D eigenvalue weighted by molar-refractivity contribution is 0.629. The number of benzene rings is 2. The molecule has 1 atom stereocenters. The molecule has 2 aromatic rings. The van der Waals surface area contributed by atoms with E-state index in [1.165, 1.54) is 27.8 Å². The van der Waals surface area contributed by atoms with Crippen molar-refractivity contribution in [1.29, 1.82) is 0 Å². The highest BCUT2D eigenvalue weighted by Gasteiger charge is 2.13. The fourth-order valence-electron chi connectivity index (χ4n) is 2.80. The summed E-state index contributed by atoms with van der Waals surface area (Å²) in [6.07, 6.45) is 1.08. The van der Waals surface area contributed by atoms with Crippen molar-refractivity contribution in [2.75, 3.05) is 6.54 Å². The number of aryl methyl sites for hydroxylation is 3. The van der Waals surface area contributed by atoms with Crippen LogP contribution in [0.3, 0.4) is 0 Å². The van der Waals surface area contributed by atoms with Gasteiger partial charge in [0.25, 0.3) is 0 Å². The third-order valence-electron chi connectivity index (χ3n) is 3.68. The lowest BCUT2D eigenvalue weighted by Gasteiger charge is -2.21. The van der Waals surface area contributed by atoms with Crippen molar-refractivity contribution < 1.29 is 0 Å². The molecule has 0 saturated carbocycles. The molecule has 0 spiro atoms. The molecule has 1 heteroatoms. The topological polar surface area (TPSA) is 12.0 Å². The largest absolute Gasteiger partial charge is 0.307 e. The number of hydrogen-bond donors (Lipinski definition) is 1. The van der Waals surface area contributed by atoms with Crippen LogP contribution in [-0.2, 0) is 6.42 Å². The SMILES string of the molecule is CCNC(c1cc(C)cc(C)c1)c1cccc(CC)c1. The maximum Gasteiger partial charge on any atom is 0.0576 e. The van der Waals surface area contributed by atoms with E-state index in [2.05, 4.69) is 75.5 Å². The van der Waals surface area contributed by atoms with Crippen molar-refractivity contribution in [3.8, 4) is 0 Å². The second-order valence-electron chi connectivity index (χ2n) is 5.51. The molecule has 0 fully saturated rings. The molecular weight excluding hydrogens is 242 g/mol. The highest BCUT2D eigenvalue weighted by molar-refractivity contribution is 5.38. The number of rotatable bonds is 5. The molecule has 0 aliphatic carbocycles. The van der Waals surface area contributed by atoms with Gasteiger partial charge in [-0.05, 0) is 43.5 Å². The van der Waals surface area contributed by atoms with Gasteiger partial charge in [-0.3, -0.25) is 0 Å². The normalized spacial score (nSPS) is 12.4. The van der Waals surface area contributed by atoms with E-state index in [-0.39, 0.29) is 6.04 Å².